The molecule has 2 unspecified atom stereocenters. The average Bonchev–Trinajstić information content (AvgIpc) is 2.62. The average molecular weight is 345 g/mol. The highest BCUT2D eigenvalue weighted by molar-refractivity contribution is 5.84. The van der Waals surface area contributed by atoms with E-state index in [1.807, 2.05) is 11.8 Å². The minimum absolute atomic E-state index is 0.00239. The molecule has 0 bridgehead atoms. The lowest BCUT2D eigenvalue weighted by molar-refractivity contribution is -0.140. The molecule has 25 heavy (non-hydrogen) atoms. The van der Waals surface area contributed by atoms with Gasteiger partial charge in [-0.3, -0.25) is 4.79 Å². The number of hydrogen-bond acceptors (Lipinski definition) is 2. The van der Waals surface area contributed by atoms with E-state index in [0.29, 0.717) is 26.2 Å². The van der Waals surface area contributed by atoms with Gasteiger partial charge in [-0.25, -0.2) is 8.78 Å². The lowest BCUT2D eigenvalue weighted by Crippen LogP contribution is -2.49. The summed E-state index contributed by atoms with van der Waals surface area (Å²) in [6.45, 7) is 3.53. The Labute approximate surface area is 146 Å². The minimum Gasteiger partial charge on any atom is -0.377 e. The third kappa shape index (κ3) is 4.23. The number of morpholine rings is 1. The van der Waals surface area contributed by atoms with Crippen LogP contribution in [0.5, 0.6) is 0 Å². The molecule has 1 heterocycles. The summed E-state index contributed by atoms with van der Waals surface area (Å²) in [6.07, 6.45) is 0.439. The maximum Gasteiger partial charge on any atom is 0.230 e. The number of ether oxygens (including phenoxy) is 1. The molecule has 0 aliphatic carbocycles. The Morgan fingerprint density at radius 3 is 2.32 bits per heavy atom. The van der Waals surface area contributed by atoms with E-state index in [2.05, 4.69) is 0 Å². The normalized spacial score (nSPS) is 18.8. The van der Waals surface area contributed by atoms with Crippen LogP contribution in [0.1, 0.15) is 24.0 Å². The van der Waals surface area contributed by atoms with Gasteiger partial charge in [0.05, 0.1) is 25.2 Å². The first kappa shape index (κ1) is 17.5. The SMILES string of the molecule is CC1COCCN1C(=O)C(Cc1ccc(F)cc1)c1ccc(F)cc1. The molecule has 1 saturated heterocycles. The first-order chi connectivity index (χ1) is 12.0. The van der Waals surface area contributed by atoms with Crippen molar-refractivity contribution in [1.29, 1.82) is 0 Å². The van der Waals surface area contributed by atoms with Gasteiger partial charge in [-0.2, -0.15) is 0 Å². The van der Waals surface area contributed by atoms with Gasteiger partial charge in [-0.05, 0) is 48.7 Å². The molecule has 0 saturated carbocycles. The molecule has 3 nitrogen and oxygen atoms in total. The lowest BCUT2D eigenvalue weighted by atomic mass is 9.90. The molecule has 1 amide bonds. The zero-order valence-electron chi connectivity index (χ0n) is 14.1. The zero-order chi connectivity index (χ0) is 17.8. The molecule has 0 spiro atoms. The number of carbonyl (C=O) groups excluding carboxylic acids is 1. The fraction of sp³-hybridized carbons (Fsp3) is 0.350. The summed E-state index contributed by atoms with van der Waals surface area (Å²) in [7, 11) is 0. The first-order valence-electron chi connectivity index (χ1n) is 8.42. The van der Waals surface area contributed by atoms with E-state index in [1.165, 1.54) is 24.3 Å². The van der Waals surface area contributed by atoms with Crippen LogP contribution in [-0.4, -0.2) is 36.6 Å². The van der Waals surface area contributed by atoms with Gasteiger partial charge in [-0.15, -0.1) is 0 Å². The standard InChI is InChI=1S/C20H21F2NO2/c1-14-13-25-11-10-23(14)20(24)19(16-4-8-18(22)9-5-16)12-15-2-6-17(21)7-3-15/h2-9,14,19H,10-13H2,1H3. The van der Waals surface area contributed by atoms with Crippen molar-refractivity contribution in [3.63, 3.8) is 0 Å². The molecule has 2 aromatic carbocycles. The number of carbonyl (C=O) groups is 1. The quantitative estimate of drug-likeness (QED) is 0.848. The van der Waals surface area contributed by atoms with Crippen molar-refractivity contribution in [2.75, 3.05) is 19.8 Å². The van der Waals surface area contributed by atoms with Crippen LogP contribution in [0.25, 0.3) is 0 Å². The number of hydrogen-bond donors (Lipinski definition) is 0. The highest BCUT2D eigenvalue weighted by Crippen LogP contribution is 2.26. The maximum absolute atomic E-state index is 13.3. The van der Waals surface area contributed by atoms with E-state index in [0.717, 1.165) is 11.1 Å². The van der Waals surface area contributed by atoms with Gasteiger partial charge >= 0.3 is 0 Å². The summed E-state index contributed by atoms with van der Waals surface area (Å²) in [5.74, 6) is -1.09. The Balaban J connectivity index is 1.88. The fourth-order valence-corrected chi connectivity index (χ4v) is 3.15. The maximum atomic E-state index is 13.3. The minimum atomic E-state index is -0.438. The molecule has 1 aliphatic rings. The highest BCUT2D eigenvalue weighted by atomic mass is 19.1. The smallest absolute Gasteiger partial charge is 0.230 e. The van der Waals surface area contributed by atoms with Crippen LogP contribution in [0, 0.1) is 11.6 Å². The Bertz CT molecular complexity index is 715. The number of amides is 1. The molecule has 2 atom stereocenters. The van der Waals surface area contributed by atoms with Gasteiger partial charge in [0.1, 0.15) is 11.6 Å². The Morgan fingerprint density at radius 1 is 1.12 bits per heavy atom. The van der Waals surface area contributed by atoms with Gasteiger partial charge < -0.3 is 9.64 Å². The molecule has 0 radical (unpaired) electrons. The van der Waals surface area contributed by atoms with E-state index in [-0.39, 0.29) is 23.6 Å². The molecular weight excluding hydrogens is 324 g/mol. The van der Waals surface area contributed by atoms with Crippen LogP contribution >= 0.6 is 0 Å². The van der Waals surface area contributed by atoms with E-state index >= 15 is 0 Å². The molecule has 1 fully saturated rings. The lowest BCUT2D eigenvalue weighted by Gasteiger charge is -2.36. The van der Waals surface area contributed by atoms with Crippen molar-refractivity contribution < 1.29 is 18.3 Å². The molecule has 1 aliphatic heterocycles. The molecule has 3 rings (SSSR count). The Kier molecular flexibility index (Phi) is 5.43. The van der Waals surface area contributed by atoms with Crippen LogP contribution in [0.2, 0.25) is 0 Å². The van der Waals surface area contributed by atoms with Gasteiger partial charge in [0.2, 0.25) is 5.91 Å². The monoisotopic (exact) mass is 345 g/mol. The summed E-state index contributed by atoms with van der Waals surface area (Å²) < 4.78 is 31.9. The molecule has 5 heteroatoms. The zero-order valence-corrected chi connectivity index (χ0v) is 14.1. The van der Waals surface area contributed by atoms with Crippen molar-refractivity contribution in [3.05, 3.63) is 71.3 Å². The van der Waals surface area contributed by atoms with E-state index < -0.39 is 5.92 Å². The van der Waals surface area contributed by atoms with Crippen molar-refractivity contribution in [3.8, 4) is 0 Å². The van der Waals surface area contributed by atoms with Gasteiger partial charge in [0.15, 0.2) is 0 Å². The van der Waals surface area contributed by atoms with Crippen LogP contribution in [0.4, 0.5) is 8.78 Å². The molecule has 0 aromatic heterocycles. The number of halogens is 2. The Morgan fingerprint density at radius 2 is 1.72 bits per heavy atom. The van der Waals surface area contributed by atoms with Gasteiger partial charge in [0, 0.05) is 6.54 Å². The van der Waals surface area contributed by atoms with Gasteiger partial charge in [0.25, 0.3) is 0 Å². The first-order valence-corrected chi connectivity index (χ1v) is 8.42. The molecule has 0 N–H and O–H groups in total. The fourth-order valence-electron chi connectivity index (χ4n) is 3.15. The van der Waals surface area contributed by atoms with Crippen molar-refractivity contribution in [2.45, 2.75) is 25.3 Å². The second kappa shape index (κ2) is 7.74. The summed E-state index contributed by atoms with van der Waals surface area (Å²) in [5.41, 5.74) is 1.62. The summed E-state index contributed by atoms with van der Waals surface area (Å²) in [6, 6.07) is 12.2. The largest absolute Gasteiger partial charge is 0.377 e. The topological polar surface area (TPSA) is 29.5 Å². The van der Waals surface area contributed by atoms with Crippen LogP contribution in [0.15, 0.2) is 48.5 Å². The van der Waals surface area contributed by atoms with Crippen molar-refractivity contribution >= 4 is 5.91 Å². The molecule has 132 valence electrons. The summed E-state index contributed by atoms with van der Waals surface area (Å²) in [5, 5.41) is 0. The molecule has 2 aromatic rings. The summed E-state index contributed by atoms with van der Waals surface area (Å²) in [4.78, 5) is 15.0. The van der Waals surface area contributed by atoms with Crippen LogP contribution < -0.4 is 0 Å². The third-order valence-electron chi connectivity index (χ3n) is 4.57. The second-order valence-corrected chi connectivity index (χ2v) is 6.39. The van der Waals surface area contributed by atoms with Crippen molar-refractivity contribution in [1.82, 2.24) is 4.90 Å². The third-order valence-corrected chi connectivity index (χ3v) is 4.57. The summed E-state index contributed by atoms with van der Waals surface area (Å²) >= 11 is 0. The number of rotatable bonds is 4. The van der Waals surface area contributed by atoms with E-state index in [4.69, 9.17) is 4.74 Å². The van der Waals surface area contributed by atoms with Crippen LogP contribution in [-0.2, 0) is 16.0 Å². The van der Waals surface area contributed by atoms with E-state index in [1.54, 1.807) is 24.3 Å². The predicted octanol–water partition coefficient (Wildman–Crippen LogP) is 3.54. The number of nitrogens with zero attached hydrogens (tertiary/aromatic N) is 1. The Hall–Kier alpha value is -2.27. The van der Waals surface area contributed by atoms with Gasteiger partial charge in [-0.1, -0.05) is 24.3 Å². The molecular formula is C20H21F2NO2. The highest BCUT2D eigenvalue weighted by Gasteiger charge is 2.31. The number of benzene rings is 2. The predicted molar refractivity (Wildman–Crippen MR) is 91.2 cm³/mol. The van der Waals surface area contributed by atoms with Crippen molar-refractivity contribution in [2.24, 2.45) is 0 Å². The van der Waals surface area contributed by atoms with Crippen LogP contribution in [0.3, 0.4) is 0 Å². The second-order valence-electron chi connectivity index (χ2n) is 6.39. The van der Waals surface area contributed by atoms with E-state index in [9.17, 15) is 13.6 Å².